The Bertz CT molecular complexity index is 885. The number of esters is 1. The Morgan fingerprint density at radius 3 is 2.73 bits per heavy atom. The standard InChI is InChI=1S/C17H12ClFN2O5/c18-14-6-4-11(8-15(14)21(24)25)5-7-17(23)26-10-16(22)20-13-3-1-2-12(19)9-13/h1-9H,10H2,(H,20,22)/b7-5+. The fraction of sp³-hybridized carbons (Fsp3) is 0.0588. The highest BCUT2D eigenvalue weighted by atomic mass is 35.5. The molecule has 0 atom stereocenters. The monoisotopic (exact) mass is 378 g/mol. The molecule has 2 aromatic rings. The van der Waals surface area contributed by atoms with Crippen LogP contribution in [0.5, 0.6) is 0 Å². The maximum atomic E-state index is 13.0. The van der Waals surface area contributed by atoms with Gasteiger partial charge in [-0.15, -0.1) is 0 Å². The molecule has 1 amide bonds. The molecule has 1 N–H and O–H groups in total. The topological polar surface area (TPSA) is 98.5 Å². The predicted molar refractivity (Wildman–Crippen MR) is 93.1 cm³/mol. The van der Waals surface area contributed by atoms with E-state index in [1.54, 1.807) is 0 Å². The number of hydrogen-bond acceptors (Lipinski definition) is 5. The minimum absolute atomic E-state index is 0.0243. The van der Waals surface area contributed by atoms with Crippen LogP contribution in [0.3, 0.4) is 0 Å². The number of amides is 1. The lowest BCUT2D eigenvalue weighted by Gasteiger charge is -2.05. The van der Waals surface area contributed by atoms with Gasteiger partial charge in [0, 0.05) is 17.8 Å². The summed E-state index contributed by atoms with van der Waals surface area (Å²) in [6.07, 6.45) is 2.30. The highest BCUT2D eigenvalue weighted by Gasteiger charge is 2.12. The lowest BCUT2D eigenvalue weighted by Crippen LogP contribution is -2.20. The molecule has 0 saturated heterocycles. The van der Waals surface area contributed by atoms with Crippen molar-refractivity contribution in [2.45, 2.75) is 0 Å². The molecule has 0 aromatic heterocycles. The summed E-state index contributed by atoms with van der Waals surface area (Å²) >= 11 is 5.69. The molecule has 0 aliphatic rings. The summed E-state index contributed by atoms with van der Waals surface area (Å²) in [6.45, 7) is -0.569. The third-order valence-corrected chi connectivity index (χ3v) is 3.35. The molecule has 26 heavy (non-hydrogen) atoms. The van der Waals surface area contributed by atoms with Gasteiger partial charge < -0.3 is 10.1 Å². The number of nitro benzene ring substituents is 1. The van der Waals surface area contributed by atoms with Crippen LogP contribution in [0.2, 0.25) is 5.02 Å². The van der Waals surface area contributed by atoms with Crippen molar-refractivity contribution in [2.75, 3.05) is 11.9 Å². The number of halogens is 2. The Balaban J connectivity index is 1.88. The molecule has 0 heterocycles. The summed E-state index contributed by atoms with van der Waals surface area (Å²) in [5.74, 6) is -1.98. The van der Waals surface area contributed by atoms with Gasteiger partial charge in [0.05, 0.1) is 4.92 Å². The summed E-state index contributed by atoms with van der Waals surface area (Å²) in [6, 6.07) is 9.26. The first-order valence-corrected chi connectivity index (χ1v) is 7.57. The first-order chi connectivity index (χ1) is 12.3. The summed E-state index contributed by atoms with van der Waals surface area (Å²) in [7, 11) is 0. The van der Waals surface area contributed by atoms with E-state index < -0.39 is 29.2 Å². The van der Waals surface area contributed by atoms with Gasteiger partial charge in [-0.1, -0.05) is 23.7 Å². The van der Waals surface area contributed by atoms with Gasteiger partial charge in [0.2, 0.25) is 0 Å². The Labute approximate surface area is 152 Å². The quantitative estimate of drug-likeness (QED) is 0.358. The predicted octanol–water partition coefficient (Wildman–Crippen LogP) is 3.58. The van der Waals surface area contributed by atoms with E-state index in [9.17, 15) is 24.1 Å². The van der Waals surface area contributed by atoms with Crippen LogP contribution >= 0.6 is 11.6 Å². The van der Waals surface area contributed by atoms with E-state index in [0.29, 0.717) is 5.56 Å². The third-order valence-electron chi connectivity index (χ3n) is 3.03. The number of hydrogen-bond donors (Lipinski definition) is 1. The van der Waals surface area contributed by atoms with Crippen molar-refractivity contribution < 1.29 is 23.6 Å². The van der Waals surface area contributed by atoms with Crippen molar-refractivity contribution in [3.63, 3.8) is 0 Å². The average molecular weight is 379 g/mol. The summed E-state index contributed by atoms with van der Waals surface area (Å²) in [5, 5.41) is 13.1. The number of carbonyl (C=O) groups excluding carboxylic acids is 2. The van der Waals surface area contributed by atoms with Crippen molar-refractivity contribution in [1.29, 1.82) is 0 Å². The maximum Gasteiger partial charge on any atom is 0.331 e. The Hall–Kier alpha value is -3.26. The Kier molecular flexibility index (Phi) is 6.40. The van der Waals surface area contributed by atoms with Gasteiger partial charge in [0.25, 0.3) is 11.6 Å². The lowest BCUT2D eigenvalue weighted by molar-refractivity contribution is -0.384. The van der Waals surface area contributed by atoms with Gasteiger partial charge in [-0.05, 0) is 35.9 Å². The zero-order valence-electron chi connectivity index (χ0n) is 13.1. The van der Waals surface area contributed by atoms with E-state index in [1.165, 1.54) is 42.5 Å². The first-order valence-electron chi connectivity index (χ1n) is 7.19. The van der Waals surface area contributed by atoms with Crippen LogP contribution in [0.4, 0.5) is 15.8 Å². The number of rotatable bonds is 6. The number of carbonyl (C=O) groups is 2. The SMILES string of the molecule is O=C(COC(=O)/C=C/c1ccc(Cl)c([N+](=O)[O-])c1)Nc1cccc(F)c1. The molecule has 7 nitrogen and oxygen atoms in total. The van der Waals surface area contributed by atoms with Crippen LogP contribution in [-0.4, -0.2) is 23.4 Å². The summed E-state index contributed by atoms with van der Waals surface area (Å²) < 4.78 is 17.7. The summed E-state index contributed by atoms with van der Waals surface area (Å²) in [4.78, 5) is 33.4. The first kappa shape index (κ1) is 19.1. The third kappa shape index (κ3) is 5.67. The summed E-state index contributed by atoms with van der Waals surface area (Å²) in [5.41, 5.74) is 0.300. The maximum absolute atomic E-state index is 13.0. The molecular formula is C17H12ClFN2O5. The molecule has 0 spiro atoms. The smallest absolute Gasteiger partial charge is 0.331 e. The number of nitrogens with one attached hydrogen (secondary N) is 1. The molecule has 0 saturated carbocycles. The van der Waals surface area contributed by atoms with Gasteiger partial charge in [-0.25, -0.2) is 9.18 Å². The van der Waals surface area contributed by atoms with Crippen molar-refractivity contribution >= 4 is 40.9 Å². The fourth-order valence-corrected chi connectivity index (χ4v) is 2.07. The van der Waals surface area contributed by atoms with Gasteiger partial charge in [-0.2, -0.15) is 0 Å². The van der Waals surface area contributed by atoms with Crippen molar-refractivity contribution in [3.8, 4) is 0 Å². The van der Waals surface area contributed by atoms with Crippen LogP contribution in [0.25, 0.3) is 6.08 Å². The number of nitrogens with zero attached hydrogens (tertiary/aromatic N) is 1. The minimum Gasteiger partial charge on any atom is -0.452 e. The van der Waals surface area contributed by atoms with E-state index in [-0.39, 0.29) is 16.4 Å². The van der Waals surface area contributed by atoms with E-state index in [0.717, 1.165) is 12.1 Å². The van der Waals surface area contributed by atoms with Gasteiger partial charge in [-0.3, -0.25) is 14.9 Å². The molecule has 0 aliphatic heterocycles. The van der Waals surface area contributed by atoms with E-state index in [2.05, 4.69) is 5.32 Å². The molecule has 134 valence electrons. The second-order valence-corrected chi connectivity index (χ2v) is 5.37. The highest BCUT2D eigenvalue weighted by molar-refractivity contribution is 6.32. The van der Waals surface area contributed by atoms with E-state index in [1.807, 2.05) is 0 Å². The molecule has 9 heteroatoms. The van der Waals surface area contributed by atoms with Crippen LogP contribution < -0.4 is 5.32 Å². The lowest BCUT2D eigenvalue weighted by atomic mass is 10.2. The largest absolute Gasteiger partial charge is 0.452 e. The van der Waals surface area contributed by atoms with Crippen LogP contribution in [0.15, 0.2) is 48.5 Å². The van der Waals surface area contributed by atoms with Crippen molar-refractivity contribution in [2.24, 2.45) is 0 Å². The Morgan fingerprint density at radius 2 is 2.04 bits per heavy atom. The fourth-order valence-electron chi connectivity index (χ4n) is 1.89. The van der Waals surface area contributed by atoms with Gasteiger partial charge in [0.1, 0.15) is 10.8 Å². The Morgan fingerprint density at radius 1 is 1.27 bits per heavy atom. The molecule has 0 bridgehead atoms. The molecular weight excluding hydrogens is 367 g/mol. The molecule has 2 aromatic carbocycles. The number of benzene rings is 2. The van der Waals surface area contributed by atoms with Crippen molar-refractivity contribution in [1.82, 2.24) is 0 Å². The minimum atomic E-state index is -0.822. The van der Waals surface area contributed by atoms with Crippen LogP contribution in [0, 0.1) is 15.9 Å². The average Bonchev–Trinajstić information content (AvgIpc) is 2.59. The number of nitro groups is 1. The van der Waals surface area contributed by atoms with E-state index >= 15 is 0 Å². The second kappa shape index (κ2) is 8.72. The van der Waals surface area contributed by atoms with Crippen LogP contribution in [0.1, 0.15) is 5.56 Å². The molecule has 2 rings (SSSR count). The van der Waals surface area contributed by atoms with Gasteiger partial charge in [0.15, 0.2) is 6.61 Å². The zero-order valence-corrected chi connectivity index (χ0v) is 13.9. The van der Waals surface area contributed by atoms with Gasteiger partial charge >= 0.3 is 5.97 Å². The highest BCUT2D eigenvalue weighted by Crippen LogP contribution is 2.25. The number of anilines is 1. The van der Waals surface area contributed by atoms with Crippen LogP contribution in [-0.2, 0) is 14.3 Å². The molecule has 0 unspecified atom stereocenters. The van der Waals surface area contributed by atoms with Crippen molar-refractivity contribution in [3.05, 3.63) is 75.1 Å². The zero-order chi connectivity index (χ0) is 19.1. The second-order valence-electron chi connectivity index (χ2n) is 4.97. The van der Waals surface area contributed by atoms with E-state index in [4.69, 9.17) is 16.3 Å². The number of ether oxygens (including phenoxy) is 1. The molecule has 0 fully saturated rings. The molecule has 0 radical (unpaired) electrons. The molecule has 0 aliphatic carbocycles. The normalized spacial score (nSPS) is 10.5.